The molecule has 2 N–H and O–H groups in total. The molecule has 2 saturated heterocycles. The summed E-state index contributed by atoms with van der Waals surface area (Å²) in [5, 5.41) is 12.6. The third-order valence-electron chi connectivity index (χ3n) is 4.82. The predicted molar refractivity (Wildman–Crippen MR) is 83.4 cm³/mol. The molecule has 2 aliphatic heterocycles. The fourth-order valence-electron chi connectivity index (χ4n) is 2.88. The van der Waals surface area contributed by atoms with Gasteiger partial charge in [0.25, 0.3) is 0 Å². The normalized spacial score (nSPS) is 22.8. The Labute approximate surface area is 127 Å². The van der Waals surface area contributed by atoms with Crippen LogP contribution in [0.1, 0.15) is 25.3 Å². The van der Waals surface area contributed by atoms with Crippen LogP contribution in [0.5, 0.6) is 5.75 Å². The van der Waals surface area contributed by atoms with Crippen molar-refractivity contribution in [2.75, 3.05) is 32.8 Å². The highest BCUT2D eigenvalue weighted by Crippen LogP contribution is 2.30. The van der Waals surface area contributed by atoms with Crippen molar-refractivity contribution in [2.24, 2.45) is 5.41 Å². The summed E-state index contributed by atoms with van der Waals surface area (Å²) in [7, 11) is 0. The minimum atomic E-state index is 0.130. The average molecular weight is 290 g/mol. The molecular weight excluding hydrogens is 264 g/mol. The first-order valence-electron chi connectivity index (χ1n) is 7.96. The van der Waals surface area contributed by atoms with Crippen molar-refractivity contribution in [1.29, 1.82) is 0 Å². The first-order chi connectivity index (χ1) is 10.2. The Bertz CT molecular complexity index is 448. The summed E-state index contributed by atoms with van der Waals surface area (Å²) < 4.78 is 5.83. The van der Waals surface area contributed by atoms with Crippen molar-refractivity contribution in [2.45, 2.75) is 32.4 Å². The fourth-order valence-corrected chi connectivity index (χ4v) is 2.88. The maximum atomic E-state index is 9.42. The van der Waals surface area contributed by atoms with Crippen molar-refractivity contribution in [3.05, 3.63) is 29.8 Å². The standard InChI is InChI=1S/C17H26N2O2/c1-17(13-20)6-8-19(9-7-17)12-14-2-4-15(5-3-14)21-16-10-18-11-16/h2-5,16,18,20H,6-13H2,1H3. The van der Waals surface area contributed by atoms with E-state index in [4.69, 9.17) is 4.74 Å². The molecule has 0 bridgehead atoms. The van der Waals surface area contributed by atoms with E-state index in [1.807, 2.05) is 0 Å². The Hall–Kier alpha value is -1.10. The summed E-state index contributed by atoms with van der Waals surface area (Å²) in [6.45, 7) is 7.55. The zero-order valence-corrected chi connectivity index (χ0v) is 12.8. The number of nitrogens with one attached hydrogen (secondary N) is 1. The summed E-state index contributed by atoms with van der Waals surface area (Å²) in [5.74, 6) is 0.969. The Kier molecular flexibility index (Phi) is 4.48. The number of aliphatic hydroxyl groups excluding tert-OH is 1. The Morgan fingerprint density at radius 1 is 1.24 bits per heavy atom. The van der Waals surface area contributed by atoms with Crippen LogP contribution in [0.25, 0.3) is 0 Å². The molecule has 0 radical (unpaired) electrons. The molecule has 4 heteroatoms. The Morgan fingerprint density at radius 3 is 2.43 bits per heavy atom. The molecule has 1 aromatic rings. The molecule has 0 unspecified atom stereocenters. The molecule has 2 aliphatic rings. The monoisotopic (exact) mass is 290 g/mol. The van der Waals surface area contributed by atoms with Gasteiger partial charge in [0.1, 0.15) is 11.9 Å². The molecular formula is C17H26N2O2. The third kappa shape index (κ3) is 3.76. The molecule has 0 amide bonds. The number of benzene rings is 1. The van der Waals surface area contributed by atoms with Crippen LogP contribution >= 0.6 is 0 Å². The van der Waals surface area contributed by atoms with Gasteiger partial charge in [0, 0.05) is 26.2 Å². The van der Waals surface area contributed by atoms with E-state index in [-0.39, 0.29) is 5.41 Å². The van der Waals surface area contributed by atoms with Gasteiger partial charge in [0.05, 0.1) is 0 Å². The van der Waals surface area contributed by atoms with Gasteiger partial charge in [0.2, 0.25) is 0 Å². The van der Waals surface area contributed by atoms with E-state index in [0.717, 1.165) is 51.3 Å². The van der Waals surface area contributed by atoms with Gasteiger partial charge in [-0.1, -0.05) is 19.1 Å². The lowest BCUT2D eigenvalue weighted by atomic mass is 9.81. The van der Waals surface area contributed by atoms with E-state index in [2.05, 4.69) is 41.4 Å². The van der Waals surface area contributed by atoms with Gasteiger partial charge in [-0.25, -0.2) is 0 Å². The first kappa shape index (κ1) is 14.8. The highest BCUT2D eigenvalue weighted by molar-refractivity contribution is 5.27. The quantitative estimate of drug-likeness (QED) is 0.865. The SMILES string of the molecule is CC1(CO)CCN(Cc2ccc(OC3CNC3)cc2)CC1. The van der Waals surface area contributed by atoms with Crippen molar-refractivity contribution >= 4 is 0 Å². The lowest BCUT2D eigenvalue weighted by Crippen LogP contribution is -2.50. The average Bonchev–Trinajstić information content (AvgIpc) is 2.47. The summed E-state index contributed by atoms with van der Waals surface area (Å²) in [6.07, 6.45) is 2.51. The van der Waals surface area contributed by atoms with E-state index in [9.17, 15) is 5.11 Å². The number of nitrogens with zero attached hydrogens (tertiary/aromatic N) is 1. The second-order valence-corrected chi connectivity index (χ2v) is 6.79. The van der Waals surface area contributed by atoms with Gasteiger partial charge >= 0.3 is 0 Å². The number of piperidine rings is 1. The molecule has 2 heterocycles. The fraction of sp³-hybridized carbons (Fsp3) is 0.647. The summed E-state index contributed by atoms with van der Waals surface area (Å²) in [5.41, 5.74) is 1.46. The summed E-state index contributed by atoms with van der Waals surface area (Å²) in [6, 6.07) is 8.49. The van der Waals surface area contributed by atoms with Crippen LogP contribution in [0.3, 0.4) is 0 Å². The number of hydrogen-bond acceptors (Lipinski definition) is 4. The van der Waals surface area contributed by atoms with E-state index in [1.54, 1.807) is 0 Å². The Balaban J connectivity index is 1.49. The van der Waals surface area contributed by atoms with Crippen LogP contribution in [0, 0.1) is 5.41 Å². The van der Waals surface area contributed by atoms with Gasteiger partial charge < -0.3 is 15.2 Å². The molecule has 0 saturated carbocycles. The molecule has 1 aromatic carbocycles. The molecule has 0 atom stereocenters. The van der Waals surface area contributed by atoms with Crippen LogP contribution in [-0.4, -0.2) is 48.9 Å². The van der Waals surface area contributed by atoms with Crippen LogP contribution in [0.2, 0.25) is 0 Å². The second kappa shape index (κ2) is 6.34. The molecule has 0 aliphatic carbocycles. The van der Waals surface area contributed by atoms with E-state index in [0.29, 0.717) is 12.7 Å². The van der Waals surface area contributed by atoms with Gasteiger partial charge in [-0.2, -0.15) is 0 Å². The van der Waals surface area contributed by atoms with Gasteiger partial charge in [-0.05, 0) is 49.0 Å². The summed E-state index contributed by atoms with van der Waals surface area (Å²) >= 11 is 0. The van der Waals surface area contributed by atoms with E-state index >= 15 is 0 Å². The first-order valence-corrected chi connectivity index (χ1v) is 7.96. The minimum absolute atomic E-state index is 0.130. The number of ether oxygens (including phenoxy) is 1. The van der Waals surface area contributed by atoms with Crippen molar-refractivity contribution in [3.63, 3.8) is 0 Å². The molecule has 0 aromatic heterocycles. The minimum Gasteiger partial charge on any atom is -0.488 e. The van der Waals surface area contributed by atoms with E-state index in [1.165, 1.54) is 5.56 Å². The van der Waals surface area contributed by atoms with Crippen LogP contribution < -0.4 is 10.1 Å². The largest absolute Gasteiger partial charge is 0.488 e. The second-order valence-electron chi connectivity index (χ2n) is 6.79. The highest BCUT2D eigenvalue weighted by Gasteiger charge is 2.29. The third-order valence-corrected chi connectivity index (χ3v) is 4.82. The lowest BCUT2D eigenvalue weighted by molar-refractivity contribution is 0.0557. The molecule has 116 valence electrons. The summed E-state index contributed by atoms with van der Waals surface area (Å²) in [4.78, 5) is 2.48. The topological polar surface area (TPSA) is 44.7 Å². The van der Waals surface area contributed by atoms with Crippen molar-refractivity contribution in [1.82, 2.24) is 10.2 Å². The predicted octanol–water partition coefficient (Wildman–Crippen LogP) is 1.63. The number of aliphatic hydroxyl groups is 1. The number of rotatable bonds is 5. The van der Waals surface area contributed by atoms with Crippen LogP contribution in [0.15, 0.2) is 24.3 Å². The lowest BCUT2D eigenvalue weighted by Gasteiger charge is -2.38. The maximum Gasteiger partial charge on any atom is 0.123 e. The smallest absolute Gasteiger partial charge is 0.123 e. The zero-order valence-electron chi connectivity index (χ0n) is 12.8. The van der Waals surface area contributed by atoms with Gasteiger partial charge in [-0.15, -0.1) is 0 Å². The maximum absolute atomic E-state index is 9.42. The van der Waals surface area contributed by atoms with Gasteiger partial charge in [-0.3, -0.25) is 4.90 Å². The molecule has 3 rings (SSSR count). The van der Waals surface area contributed by atoms with Crippen LogP contribution in [0.4, 0.5) is 0 Å². The Morgan fingerprint density at radius 2 is 1.90 bits per heavy atom. The van der Waals surface area contributed by atoms with Crippen LogP contribution in [-0.2, 0) is 6.54 Å². The van der Waals surface area contributed by atoms with Gasteiger partial charge in [0.15, 0.2) is 0 Å². The number of hydrogen-bond donors (Lipinski definition) is 2. The molecule has 4 nitrogen and oxygen atoms in total. The molecule has 21 heavy (non-hydrogen) atoms. The highest BCUT2D eigenvalue weighted by atomic mass is 16.5. The van der Waals surface area contributed by atoms with Crippen molar-refractivity contribution in [3.8, 4) is 5.75 Å². The zero-order chi connectivity index (χ0) is 14.7. The van der Waals surface area contributed by atoms with E-state index < -0.39 is 0 Å². The molecule has 0 spiro atoms. The molecule has 2 fully saturated rings. The van der Waals surface area contributed by atoms with Crippen molar-refractivity contribution < 1.29 is 9.84 Å². The number of likely N-dealkylation sites (tertiary alicyclic amines) is 1.